The van der Waals surface area contributed by atoms with Gasteiger partial charge in [-0.1, -0.05) is 25.1 Å². The Morgan fingerprint density at radius 3 is 2.33 bits per heavy atom. The minimum absolute atomic E-state index is 0.433. The quantitative estimate of drug-likeness (QED) is 0.805. The molecule has 0 aliphatic carbocycles. The number of hydrogen-bond donors (Lipinski definition) is 1. The van der Waals surface area contributed by atoms with Gasteiger partial charge in [0.15, 0.2) is 0 Å². The average Bonchev–Trinajstić information content (AvgIpc) is 2.26. The minimum Gasteiger partial charge on any atom is -0.480 e. The molecule has 15 heavy (non-hydrogen) atoms. The number of carboxylic acid groups (broad SMARTS) is 1. The second-order valence-corrected chi connectivity index (χ2v) is 3.38. The first kappa shape index (κ1) is 11.6. The van der Waals surface area contributed by atoms with Crippen LogP contribution in [-0.4, -0.2) is 23.7 Å². The van der Waals surface area contributed by atoms with Crippen LogP contribution in [0.2, 0.25) is 0 Å². The van der Waals surface area contributed by atoms with E-state index in [1.807, 2.05) is 49.1 Å². The molecule has 0 aliphatic rings. The molecule has 0 aliphatic heterocycles. The number of nitrogens with zero attached hydrogens (tertiary/aromatic N) is 1. The summed E-state index contributed by atoms with van der Waals surface area (Å²) in [5.74, 6) is -0.761. The summed E-state index contributed by atoms with van der Waals surface area (Å²) < 4.78 is 0. The molecule has 3 nitrogen and oxygen atoms in total. The Hall–Kier alpha value is -1.51. The fourth-order valence-electron chi connectivity index (χ4n) is 1.73. The summed E-state index contributed by atoms with van der Waals surface area (Å²) in [6, 6.07) is 9.22. The third-order valence-corrected chi connectivity index (χ3v) is 2.48. The molecule has 0 saturated heterocycles. The molecule has 0 heterocycles. The minimum atomic E-state index is -0.761. The molecular weight excluding hydrogens is 190 g/mol. The Morgan fingerprint density at radius 1 is 1.33 bits per heavy atom. The van der Waals surface area contributed by atoms with Gasteiger partial charge < -0.3 is 10.0 Å². The van der Waals surface area contributed by atoms with Crippen molar-refractivity contribution in [1.82, 2.24) is 0 Å². The molecule has 0 aromatic heterocycles. The van der Waals surface area contributed by atoms with Crippen LogP contribution >= 0.6 is 0 Å². The Kier molecular flexibility index (Phi) is 4.16. The van der Waals surface area contributed by atoms with Crippen LogP contribution in [0.4, 0.5) is 5.69 Å². The van der Waals surface area contributed by atoms with E-state index in [2.05, 4.69) is 0 Å². The van der Waals surface area contributed by atoms with E-state index in [4.69, 9.17) is 5.11 Å². The molecular formula is C12H17NO2. The van der Waals surface area contributed by atoms with Crippen molar-refractivity contribution in [2.45, 2.75) is 26.3 Å². The molecule has 0 spiro atoms. The van der Waals surface area contributed by atoms with E-state index >= 15 is 0 Å². The van der Waals surface area contributed by atoms with Gasteiger partial charge in [-0.25, -0.2) is 4.79 Å². The summed E-state index contributed by atoms with van der Waals surface area (Å²) in [4.78, 5) is 13.0. The maximum Gasteiger partial charge on any atom is 0.326 e. The highest BCUT2D eigenvalue weighted by Gasteiger charge is 2.22. The van der Waals surface area contributed by atoms with Gasteiger partial charge in [-0.15, -0.1) is 0 Å². The average molecular weight is 207 g/mol. The maximum absolute atomic E-state index is 11.1. The lowest BCUT2D eigenvalue weighted by Crippen LogP contribution is -2.40. The monoisotopic (exact) mass is 207 g/mol. The van der Waals surface area contributed by atoms with Crippen LogP contribution in [0.3, 0.4) is 0 Å². The maximum atomic E-state index is 11.1. The summed E-state index contributed by atoms with van der Waals surface area (Å²) in [7, 11) is 0. The third-order valence-electron chi connectivity index (χ3n) is 2.48. The van der Waals surface area contributed by atoms with Gasteiger partial charge in [-0.3, -0.25) is 0 Å². The number of likely N-dealkylation sites (N-methyl/N-ethyl adjacent to an activating group) is 1. The fraction of sp³-hybridized carbons (Fsp3) is 0.417. The zero-order valence-corrected chi connectivity index (χ0v) is 9.18. The van der Waals surface area contributed by atoms with Crippen LogP contribution in [0.5, 0.6) is 0 Å². The largest absolute Gasteiger partial charge is 0.480 e. The summed E-state index contributed by atoms with van der Waals surface area (Å²) in [6.07, 6.45) is 0.609. The molecule has 0 fully saturated rings. The van der Waals surface area contributed by atoms with Crippen molar-refractivity contribution in [2.24, 2.45) is 0 Å². The van der Waals surface area contributed by atoms with Crippen molar-refractivity contribution in [3.63, 3.8) is 0 Å². The van der Waals surface area contributed by atoms with Crippen molar-refractivity contribution in [2.75, 3.05) is 11.4 Å². The van der Waals surface area contributed by atoms with E-state index in [0.717, 1.165) is 5.69 Å². The highest BCUT2D eigenvalue weighted by molar-refractivity contribution is 5.78. The van der Waals surface area contributed by atoms with Gasteiger partial charge in [0.2, 0.25) is 0 Å². The molecule has 1 aromatic rings. The molecule has 3 heteroatoms. The van der Waals surface area contributed by atoms with Crippen LogP contribution in [0.15, 0.2) is 30.3 Å². The standard InChI is InChI=1S/C12H17NO2/c1-3-11(12(14)15)13(4-2)10-8-6-5-7-9-10/h5-9,11H,3-4H2,1-2H3,(H,14,15)/t11-/m0/s1. The normalized spacial score (nSPS) is 12.1. The predicted octanol–water partition coefficient (Wildman–Crippen LogP) is 2.38. The molecule has 1 rings (SSSR count). The molecule has 0 unspecified atom stereocenters. The lowest BCUT2D eigenvalue weighted by molar-refractivity contribution is -0.138. The predicted molar refractivity (Wildman–Crippen MR) is 61.2 cm³/mol. The first-order chi connectivity index (χ1) is 7.20. The Labute approximate surface area is 90.3 Å². The van der Waals surface area contributed by atoms with E-state index < -0.39 is 12.0 Å². The molecule has 0 amide bonds. The second kappa shape index (κ2) is 5.39. The fourth-order valence-corrected chi connectivity index (χ4v) is 1.73. The van der Waals surface area contributed by atoms with E-state index in [9.17, 15) is 4.79 Å². The molecule has 1 aromatic carbocycles. The van der Waals surface area contributed by atoms with Gasteiger partial charge >= 0.3 is 5.97 Å². The number of anilines is 1. The van der Waals surface area contributed by atoms with Crippen molar-refractivity contribution in [3.8, 4) is 0 Å². The summed E-state index contributed by atoms with van der Waals surface area (Å²) in [5, 5.41) is 9.09. The first-order valence-electron chi connectivity index (χ1n) is 5.25. The first-order valence-corrected chi connectivity index (χ1v) is 5.25. The van der Waals surface area contributed by atoms with Crippen molar-refractivity contribution in [3.05, 3.63) is 30.3 Å². The highest BCUT2D eigenvalue weighted by Crippen LogP contribution is 2.17. The van der Waals surface area contributed by atoms with Crippen LogP contribution in [0.1, 0.15) is 20.3 Å². The summed E-state index contributed by atoms with van der Waals surface area (Å²) in [5.41, 5.74) is 0.967. The number of para-hydroxylation sites is 1. The van der Waals surface area contributed by atoms with Crippen LogP contribution in [0.25, 0.3) is 0 Å². The zero-order chi connectivity index (χ0) is 11.3. The molecule has 1 atom stereocenters. The Morgan fingerprint density at radius 2 is 1.93 bits per heavy atom. The Balaban J connectivity index is 2.92. The topological polar surface area (TPSA) is 40.5 Å². The lowest BCUT2D eigenvalue weighted by atomic mass is 10.1. The Bertz CT molecular complexity index is 311. The number of benzene rings is 1. The summed E-state index contributed by atoms with van der Waals surface area (Å²) >= 11 is 0. The molecule has 0 bridgehead atoms. The number of aliphatic carboxylic acids is 1. The third kappa shape index (κ3) is 2.72. The van der Waals surface area contributed by atoms with E-state index in [-0.39, 0.29) is 0 Å². The SMILES string of the molecule is CC[C@@H](C(=O)O)N(CC)c1ccccc1. The van der Waals surface area contributed by atoms with E-state index in [1.165, 1.54) is 0 Å². The number of rotatable bonds is 5. The van der Waals surface area contributed by atoms with Crippen LogP contribution < -0.4 is 4.90 Å². The number of hydrogen-bond acceptors (Lipinski definition) is 2. The van der Waals surface area contributed by atoms with Crippen molar-refractivity contribution < 1.29 is 9.90 Å². The lowest BCUT2D eigenvalue weighted by Gasteiger charge is -2.29. The van der Waals surface area contributed by atoms with Gasteiger partial charge in [-0.05, 0) is 25.5 Å². The van der Waals surface area contributed by atoms with Gasteiger partial charge in [0.25, 0.3) is 0 Å². The molecule has 0 saturated carbocycles. The zero-order valence-electron chi connectivity index (χ0n) is 9.18. The van der Waals surface area contributed by atoms with E-state index in [1.54, 1.807) is 0 Å². The molecule has 1 N–H and O–H groups in total. The van der Waals surface area contributed by atoms with Gasteiger partial charge in [-0.2, -0.15) is 0 Å². The van der Waals surface area contributed by atoms with Crippen molar-refractivity contribution >= 4 is 11.7 Å². The smallest absolute Gasteiger partial charge is 0.326 e. The van der Waals surface area contributed by atoms with Crippen LogP contribution in [0, 0.1) is 0 Å². The second-order valence-electron chi connectivity index (χ2n) is 3.38. The number of carbonyl (C=O) groups is 1. The van der Waals surface area contributed by atoms with E-state index in [0.29, 0.717) is 13.0 Å². The summed E-state index contributed by atoms with van der Waals surface area (Å²) in [6.45, 7) is 4.57. The van der Waals surface area contributed by atoms with Gasteiger partial charge in [0, 0.05) is 12.2 Å². The molecule has 0 radical (unpaired) electrons. The number of carboxylic acids is 1. The van der Waals surface area contributed by atoms with Gasteiger partial charge in [0.05, 0.1) is 0 Å². The van der Waals surface area contributed by atoms with Crippen molar-refractivity contribution in [1.29, 1.82) is 0 Å². The molecule has 82 valence electrons. The van der Waals surface area contributed by atoms with Gasteiger partial charge in [0.1, 0.15) is 6.04 Å². The van der Waals surface area contributed by atoms with Crippen LogP contribution in [-0.2, 0) is 4.79 Å². The highest BCUT2D eigenvalue weighted by atomic mass is 16.4.